The molecule has 4 nitrogen and oxygen atoms in total. The van der Waals surface area contributed by atoms with Crippen LogP contribution in [0.4, 0.5) is 0 Å². The SMILES string of the molecule is CC#Cc1cc(C)c(C2C(=O)CC(CCC(=O)N(C)C)CC2=O)c(C)c1. The first kappa shape index (κ1) is 19.9. The molecule has 0 aromatic heterocycles. The third-order valence-electron chi connectivity index (χ3n) is 5.04. The number of aryl methyl sites for hydroxylation is 2. The van der Waals surface area contributed by atoms with Gasteiger partial charge in [0.05, 0.1) is 0 Å². The summed E-state index contributed by atoms with van der Waals surface area (Å²) < 4.78 is 0. The number of amides is 1. The monoisotopic (exact) mass is 353 g/mol. The molecule has 0 aliphatic heterocycles. The van der Waals surface area contributed by atoms with Gasteiger partial charge >= 0.3 is 0 Å². The fraction of sp³-hybridized carbons (Fsp3) is 0.500. The van der Waals surface area contributed by atoms with Gasteiger partial charge in [0, 0.05) is 38.9 Å². The van der Waals surface area contributed by atoms with Crippen molar-refractivity contribution in [3.8, 4) is 11.8 Å². The Hall–Kier alpha value is -2.41. The van der Waals surface area contributed by atoms with E-state index in [1.165, 1.54) is 0 Å². The van der Waals surface area contributed by atoms with Gasteiger partial charge in [-0.15, -0.1) is 5.92 Å². The Morgan fingerprint density at radius 2 is 1.65 bits per heavy atom. The first-order valence-electron chi connectivity index (χ1n) is 9.04. The van der Waals surface area contributed by atoms with Gasteiger partial charge < -0.3 is 4.90 Å². The van der Waals surface area contributed by atoms with E-state index in [1.54, 1.807) is 25.9 Å². The van der Waals surface area contributed by atoms with Crippen LogP contribution in [0.5, 0.6) is 0 Å². The molecule has 1 saturated carbocycles. The van der Waals surface area contributed by atoms with E-state index in [4.69, 9.17) is 0 Å². The Morgan fingerprint density at radius 1 is 1.12 bits per heavy atom. The van der Waals surface area contributed by atoms with Crippen LogP contribution in [0.25, 0.3) is 0 Å². The summed E-state index contributed by atoms with van der Waals surface area (Å²) in [6.07, 6.45) is 1.70. The molecule has 138 valence electrons. The van der Waals surface area contributed by atoms with Crippen molar-refractivity contribution in [3.05, 3.63) is 34.4 Å². The second-order valence-corrected chi connectivity index (χ2v) is 7.37. The van der Waals surface area contributed by atoms with E-state index >= 15 is 0 Å². The molecule has 0 saturated heterocycles. The zero-order valence-corrected chi connectivity index (χ0v) is 16.3. The Balaban J connectivity index is 2.18. The summed E-state index contributed by atoms with van der Waals surface area (Å²) in [7, 11) is 3.43. The smallest absolute Gasteiger partial charge is 0.222 e. The number of nitrogens with zero attached hydrogens (tertiary/aromatic N) is 1. The highest BCUT2D eigenvalue weighted by Crippen LogP contribution is 2.36. The first-order valence-corrected chi connectivity index (χ1v) is 9.04. The first-order chi connectivity index (χ1) is 12.2. The van der Waals surface area contributed by atoms with E-state index in [9.17, 15) is 14.4 Å². The minimum Gasteiger partial charge on any atom is -0.349 e. The summed E-state index contributed by atoms with van der Waals surface area (Å²) in [6.45, 7) is 5.66. The number of carbonyl (C=O) groups excluding carboxylic acids is 3. The summed E-state index contributed by atoms with van der Waals surface area (Å²) in [5.74, 6) is 5.20. The van der Waals surface area contributed by atoms with E-state index in [1.807, 2.05) is 26.0 Å². The van der Waals surface area contributed by atoms with Gasteiger partial charge in [-0.25, -0.2) is 0 Å². The molecular formula is C22H27NO3. The van der Waals surface area contributed by atoms with Crippen LogP contribution in [0.1, 0.15) is 60.8 Å². The Bertz CT molecular complexity index is 754. The van der Waals surface area contributed by atoms with Crippen molar-refractivity contribution in [3.63, 3.8) is 0 Å². The standard InChI is InChI=1S/C22H27NO3/c1-6-7-16-10-14(2)21(15(3)11-16)22-18(24)12-17(13-19(22)25)8-9-20(26)23(4)5/h10-11,17,22H,8-9,12-13H2,1-5H3. The molecule has 0 radical (unpaired) electrons. The lowest BCUT2D eigenvalue weighted by Crippen LogP contribution is -2.33. The molecule has 26 heavy (non-hydrogen) atoms. The van der Waals surface area contributed by atoms with E-state index in [-0.39, 0.29) is 23.4 Å². The summed E-state index contributed by atoms with van der Waals surface area (Å²) in [5, 5.41) is 0. The molecule has 2 rings (SSSR count). The normalized spacial score (nSPS) is 19.7. The van der Waals surface area contributed by atoms with Crippen molar-refractivity contribution in [2.75, 3.05) is 14.1 Å². The predicted molar refractivity (Wildman–Crippen MR) is 102 cm³/mol. The number of Topliss-reactive ketones (excluding diaryl/α,β-unsaturated/α-hetero) is 2. The summed E-state index contributed by atoms with van der Waals surface area (Å²) in [4.78, 5) is 38.8. The van der Waals surface area contributed by atoms with Crippen LogP contribution in [0.3, 0.4) is 0 Å². The van der Waals surface area contributed by atoms with Crippen LogP contribution >= 0.6 is 0 Å². The van der Waals surface area contributed by atoms with Crippen LogP contribution in [0, 0.1) is 31.6 Å². The molecule has 4 heteroatoms. The Kier molecular flexibility index (Phi) is 6.37. The minimum atomic E-state index is -0.667. The van der Waals surface area contributed by atoms with E-state index in [0.717, 1.165) is 22.3 Å². The third-order valence-corrected chi connectivity index (χ3v) is 5.04. The largest absolute Gasteiger partial charge is 0.349 e. The molecule has 0 atom stereocenters. The molecule has 1 fully saturated rings. The summed E-state index contributed by atoms with van der Waals surface area (Å²) >= 11 is 0. The maximum absolute atomic E-state index is 12.8. The average Bonchev–Trinajstić information content (AvgIpc) is 2.54. The molecule has 1 aromatic rings. The van der Waals surface area contributed by atoms with Crippen molar-refractivity contribution in [2.24, 2.45) is 5.92 Å². The van der Waals surface area contributed by atoms with Crippen LogP contribution < -0.4 is 0 Å². The molecule has 1 aliphatic carbocycles. The molecule has 0 spiro atoms. The molecule has 0 heterocycles. The van der Waals surface area contributed by atoms with Gasteiger partial charge in [0.15, 0.2) is 0 Å². The fourth-order valence-corrected chi connectivity index (χ4v) is 3.78. The van der Waals surface area contributed by atoms with Gasteiger partial charge in [0.25, 0.3) is 0 Å². The van der Waals surface area contributed by atoms with Gasteiger partial charge in [-0.3, -0.25) is 14.4 Å². The average molecular weight is 353 g/mol. The molecule has 0 unspecified atom stereocenters. The van der Waals surface area contributed by atoms with Gasteiger partial charge in [-0.1, -0.05) is 5.92 Å². The number of ketones is 2. The number of hydrogen-bond acceptors (Lipinski definition) is 3. The molecule has 0 N–H and O–H groups in total. The molecular weight excluding hydrogens is 326 g/mol. The maximum Gasteiger partial charge on any atom is 0.222 e. The lowest BCUT2D eigenvalue weighted by atomic mass is 9.73. The molecule has 1 aliphatic rings. The second-order valence-electron chi connectivity index (χ2n) is 7.37. The fourth-order valence-electron chi connectivity index (χ4n) is 3.78. The molecule has 1 aromatic carbocycles. The van der Waals surface area contributed by atoms with Gasteiger partial charge in [0.2, 0.25) is 5.91 Å². The number of carbonyl (C=O) groups is 3. The second kappa shape index (κ2) is 8.31. The number of benzene rings is 1. The number of hydrogen-bond donors (Lipinski definition) is 0. The van der Waals surface area contributed by atoms with Gasteiger partial charge in [0.1, 0.15) is 17.5 Å². The highest BCUT2D eigenvalue weighted by atomic mass is 16.2. The Labute approximate surface area is 156 Å². The Morgan fingerprint density at radius 3 is 2.12 bits per heavy atom. The highest BCUT2D eigenvalue weighted by Gasteiger charge is 2.37. The third kappa shape index (κ3) is 4.40. The topological polar surface area (TPSA) is 54.5 Å². The maximum atomic E-state index is 12.8. The van der Waals surface area contributed by atoms with Crippen molar-refractivity contribution in [1.82, 2.24) is 4.90 Å². The lowest BCUT2D eigenvalue weighted by molar-refractivity contribution is -0.135. The quantitative estimate of drug-likeness (QED) is 0.617. The van der Waals surface area contributed by atoms with Crippen LogP contribution in [0.2, 0.25) is 0 Å². The molecule has 1 amide bonds. The summed E-state index contributed by atoms with van der Waals surface area (Å²) in [5.41, 5.74) is 3.62. The minimum absolute atomic E-state index is 0.0240. The van der Waals surface area contributed by atoms with E-state index in [2.05, 4.69) is 11.8 Å². The predicted octanol–water partition coefficient (Wildman–Crippen LogP) is 3.18. The highest BCUT2D eigenvalue weighted by molar-refractivity contribution is 6.10. The van der Waals surface area contributed by atoms with Crippen LogP contribution in [-0.4, -0.2) is 36.5 Å². The molecule has 0 bridgehead atoms. The zero-order valence-electron chi connectivity index (χ0n) is 16.3. The zero-order chi connectivity index (χ0) is 19.4. The van der Waals surface area contributed by atoms with Crippen LogP contribution in [-0.2, 0) is 14.4 Å². The lowest BCUT2D eigenvalue weighted by Gasteiger charge is -2.28. The van der Waals surface area contributed by atoms with E-state index < -0.39 is 5.92 Å². The van der Waals surface area contributed by atoms with E-state index in [0.29, 0.717) is 25.7 Å². The van der Waals surface area contributed by atoms with Gasteiger partial charge in [-0.2, -0.15) is 0 Å². The number of rotatable bonds is 4. The summed E-state index contributed by atoms with van der Waals surface area (Å²) in [6, 6.07) is 3.89. The van der Waals surface area contributed by atoms with Gasteiger partial charge in [-0.05, 0) is 61.9 Å². The van der Waals surface area contributed by atoms with Crippen molar-refractivity contribution in [1.29, 1.82) is 0 Å². The van der Waals surface area contributed by atoms with Crippen LogP contribution in [0.15, 0.2) is 12.1 Å². The van der Waals surface area contributed by atoms with Crippen molar-refractivity contribution < 1.29 is 14.4 Å². The van der Waals surface area contributed by atoms with Crippen molar-refractivity contribution in [2.45, 2.75) is 52.4 Å². The van der Waals surface area contributed by atoms with Crippen molar-refractivity contribution >= 4 is 17.5 Å².